The molecule has 1 aromatic heterocycles. The molecule has 0 aliphatic carbocycles. The maximum absolute atomic E-state index is 11.9. The number of aromatic nitrogens is 2. The fourth-order valence-electron chi connectivity index (χ4n) is 1.85. The molecule has 0 atom stereocenters. The van der Waals surface area contributed by atoms with Gasteiger partial charge in [0, 0.05) is 44.0 Å². The zero-order valence-corrected chi connectivity index (χ0v) is 12.9. The summed E-state index contributed by atoms with van der Waals surface area (Å²) in [6, 6.07) is 0. The summed E-state index contributed by atoms with van der Waals surface area (Å²) in [5, 5.41) is 8.60. The molecule has 0 aliphatic heterocycles. The number of carboxylic acids is 1. The highest BCUT2D eigenvalue weighted by Crippen LogP contribution is 2.07. The van der Waals surface area contributed by atoms with E-state index in [2.05, 4.69) is 4.98 Å². The number of H-pyrrole nitrogens is 1. The predicted octanol–water partition coefficient (Wildman–Crippen LogP) is 0.685. The molecule has 0 bridgehead atoms. The minimum absolute atomic E-state index is 0.0476. The molecule has 0 fully saturated rings. The molecule has 7 nitrogen and oxygen atoms in total. The Morgan fingerprint density at radius 1 is 1.29 bits per heavy atom. The molecule has 1 aromatic rings. The Labute approximate surface area is 131 Å². The Morgan fingerprint density at radius 3 is 2.43 bits per heavy atom. The molecule has 118 valence electrons. The van der Waals surface area contributed by atoms with Crippen molar-refractivity contribution in [1.82, 2.24) is 9.55 Å². The topological polar surface area (TPSA) is 95.4 Å². The van der Waals surface area contributed by atoms with Gasteiger partial charge in [0.05, 0.1) is 0 Å². The summed E-state index contributed by atoms with van der Waals surface area (Å²) in [6.07, 6.45) is 1.67. The Hall–Kier alpha value is -1.47. The van der Waals surface area contributed by atoms with Gasteiger partial charge in [0.2, 0.25) is 0 Å². The summed E-state index contributed by atoms with van der Waals surface area (Å²) in [6.45, 7) is 1.06. The second kappa shape index (κ2) is 8.74. The van der Waals surface area contributed by atoms with Gasteiger partial charge in [0.25, 0.3) is 5.56 Å². The summed E-state index contributed by atoms with van der Waals surface area (Å²) in [7, 11) is 0. The van der Waals surface area contributed by atoms with E-state index < -0.39 is 17.2 Å². The second-order valence-corrected chi connectivity index (χ2v) is 5.09. The lowest BCUT2D eigenvalue weighted by Crippen LogP contribution is -2.38. The minimum Gasteiger partial charge on any atom is -0.481 e. The average molecular weight is 338 g/mol. The van der Waals surface area contributed by atoms with Gasteiger partial charge in [-0.05, 0) is 6.42 Å². The molecule has 9 heteroatoms. The Balaban J connectivity index is 3.01. The van der Waals surface area contributed by atoms with Crippen LogP contribution in [-0.2, 0) is 11.3 Å². The van der Waals surface area contributed by atoms with Crippen molar-refractivity contribution in [3.63, 3.8) is 0 Å². The minimum atomic E-state index is -0.932. The number of alkyl halides is 2. The zero-order chi connectivity index (χ0) is 15.8. The van der Waals surface area contributed by atoms with E-state index in [-0.39, 0.29) is 13.0 Å². The lowest BCUT2D eigenvalue weighted by molar-refractivity contribution is -0.137. The smallest absolute Gasteiger partial charge is 0.328 e. The van der Waals surface area contributed by atoms with Crippen LogP contribution in [0.4, 0.5) is 5.69 Å². The molecular formula is C12H17Cl2N3O4. The van der Waals surface area contributed by atoms with Crippen molar-refractivity contribution in [3.8, 4) is 0 Å². The number of aromatic amines is 1. The molecule has 0 aromatic carbocycles. The Kier molecular flexibility index (Phi) is 7.31. The Bertz CT molecular complexity index is 579. The van der Waals surface area contributed by atoms with Gasteiger partial charge < -0.3 is 10.0 Å². The quantitative estimate of drug-likeness (QED) is 0.646. The van der Waals surface area contributed by atoms with Gasteiger partial charge in [-0.2, -0.15) is 0 Å². The van der Waals surface area contributed by atoms with E-state index in [1.54, 1.807) is 4.90 Å². The maximum Gasteiger partial charge on any atom is 0.328 e. The average Bonchev–Trinajstić information content (AvgIpc) is 2.41. The molecule has 0 radical (unpaired) electrons. The van der Waals surface area contributed by atoms with Crippen LogP contribution >= 0.6 is 23.2 Å². The Morgan fingerprint density at radius 2 is 1.90 bits per heavy atom. The van der Waals surface area contributed by atoms with Crippen LogP contribution in [0.25, 0.3) is 0 Å². The van der Waals surface area contributed by atoms with E-state index >= 15 is 0 Å². The molecule has 0 aliphatic rings. The number of hydrogen-bond acceptors (Lipinski definition) is 4. The number of carbonyl (C=O) groups is 1. The monoisotopic (exact) mass is 337 g/mol. The molecule has 0 unspecified atom stereocenters. The van der Waals surface area contributed by atoms with E-state index in [9.17, 15) is 14.4 Å². The van der Waals surface area contributed by atoms with Gasteiger partial charge in [-0.3, -0.25) is 19.1 Å². The van der Waals surface area contributed by atoms with Crippen molar-refractivity contribution in [2.75, 3.05) is 29.7 Å². The molecule has 0 saturated heterocycles. The molecule has 1 rings (SSSR count). The van der Waals surface area contributed by atoms with Gasteiger partial charge in [-0.25, -0.2) is 4.79 Å². The number of aliphatic carboxylic acids is 1. The lowest BCUT2D eigenvalue weighted by Gasteiger charge is -2.22. The standard InChI is InChI=1S/C12H17Cl2N3O4/c13-3-6-16(7-4-14)9-8-17(5-1-2-10(18)19)12(21)15-11(9)20/h8H,1-7H2,(H,18,19)(H,15,20,21). The fourth-order valence-corrected chi connectivity index (χ4v) is 2.25. The van der Waals surface area contributed by atoms with Crippen molar-refractivity contribution in [3.05, 3.63) is 27.0 Å². The fraction of sp³-hybridized carbons (Fsp3) is 0.583. The van der Waals surface area contributed by atoms with Crippen molar-refractivity contribution >= 4 is 34.9 Å². The maximum atomic E-state index is 11.9. The highest BCUT2D eigenvalue weighted by molar-refractivity contribution is 6.18. The summed E-state index contributed by atoms with van der Waals surface area (Å²) in [5.74, 6) is -0.304. The van der Waals surface area contributed by atoms with Crippen LogP contribution in [0.5, 0.6) is 0 Å². The highest BCUT2D eigenvalue weighted by atomic mass is 35.5. The third-order valence-electron chi connectivity index (χ3n) is 2.83. The van der Waals surface area contributed by atoms with E-state index in [4.69, 9.17) is 28.3 Å². The van der Waals surface area contributed by atoms with Crippen LogP contribution in [0.15, 0.2) is 15.8 Å². The van der Waals surface area contributed by atoms with Crippen LogP contribution in [-0.4, -0.2) is 45.5 Å². The first kappa shape index (κ1) is 17.6. The predicted molar refractivity (Wildman–Crippen MR) is 81.8 cm³/mol. The van der Waals surface area contributed by atoms with E-state index in [1.807, 2.05) is 0 Å². The van der Waals surface area contributed by atoms with Gasteiger partial charge in [0.15, 0.2) is 0 Å². The number of nitrogens with one attached hydrogen (secondary N) is 1. The van der Waals surface area contributed by atoms with Gasteiger partial charge in [-0.15, -0.1) is 23.2 Å². The number of nitrogens with zero attached hydrogens (tertiary/aromatic N) is 2. The van der Waals surface area contributed by atoms with E-state index in [1.165, 1.54) is 10.8 Å². The van der Waals surface area contributed by atoms with Crippen molar-refractivity contribution in [2.24, 2.45) is 0 Å². The molecule has 0 saturated carbocycles. The van der Waals surface area contributed by atoms with E-state index in [0.717, 1.165) is 0 Å². The summed E-state index contributed by atoms with van der Waals surface area (Å²) in [4.78, 5) is 38.0. The number of halogens is 2. The van der Waals surface area contributed by atoms with Crippen molar-refractivity contribution in [2.45, 2.75) is 19.4 Å². The van der Waals surface area contributed by atoms with Gasteiger partial charge in [-0.1, -0.05) is 0 Å². The van der Waals surface area contributed by atoms with Crippen LogP contribution in [0.3, 0.4) is 0 Å². The third-order valence-corrected chi connectivity index (χ3v) is 3.17. The molecule has 21 heavy (non-hydrogen) atoms. The first-order valence-corrected chi connectivity index (χ1v) is 7.49. The van der Waals surface area contributed by atoms with Crippen LogP contribution in [0.1, 0.15) is 12.8 Å². The summed E-state index contributed by atoms with van der Waals surface area (Å²) < 4.78 is 1.29. The highest BCUT2D eigenvalue weighted by Gasteiger charge is 2.12. The number of anilines is 1. The number of aryl methyl sites for hydroxylation is 1. The summed E-state index contributed by atoms with van der Waals surface area (Å²) in [5.41, 5.74) is -0.776. The van der Waals surface area contributed by atoms with Gasteiger partial charge in [0.1, 0.15) is 5.69 Å². The summed E-state index contributed by atoms with van der Waals surface area (Å²) >= 11 is 11.4. The number of rotatable bonds is 9. The first-order chi connectivity index (χ1) is 9.99. The first-order valence-electron chi connectivity index (χ1n) is 6.42. The normalized spacial score (nSPS) is 10.6. The van der Waals surface area contributed by atoms with Crippen LogP contribution < -0.4 is 16.1 Å². The number of hydrogen-bond donors (Lipinski definition) is 2. The lowest BCUT2D eigenvalue weighted by atomic mass is 10.3. The number of carboxylic acid groups (broad SMARTS) is 1. The molecule has 0 spiro atoms. The third kappa shape index (κ3) is 5.43. The van der Waals surface area contributed by atoms with Crippen LogP contribution in [0, 0.1) is 0 Å². The molecular weight excluding hydrogens is 321 g/mol. The van der Waals surface area contributed by atoms with Crippen molar-refractivity contribution < 1.29 is 9.90 Å². The SMILES string of the molecule is O=C(O)CCCn1cc(N(CCCl)CCCl)c(=O)[nH]c1=O. The van der Waals surface area contributed by atoms with Gasteiger partial charge >= 0.3 is 11.7 Å². The molecule has 0 amide bonds. The van der Waals surface area contributed by atoms with E-state index in [0.29, 0.717) is 37.0 Å². The second-order valence-electron chi connectivity index (χ2n) is 4.33. The van der Waals surface area contributed by atoms with Crippen molar-refractivity contribution in [1.29, 1.82) is 0 Å². The zero-order valence-electron chi connectivity index (χ0n) is 11.3. The molecule has 1 heterocycles. The largest absolute Gasteiger partial charge is 0.481 e. The molecule has 2 N–H and O–H groups in total. The van der Waals surface area contributed by atoms with Crippen LogP contribution in [0.2, 0.25) is 0 Å².